The van der Waals surface area contributed by atoms with Gasteiger partial charge in [0, 0.05) is 6.54 Å². The molecule has 0 fully saturated rings. The molecule has 0 aliphatic heterocycles. The van der Waals surface area contributed by atoms with E-state index in [1.807, 2.05) is 42.5 Å². The van der Waals surface area contributed by atoms with Crippen molar-refractivity contribution in [3.05, 3.63) is 48.0 Å². The van der Waals surface area contributed by atoms with Gasteiger partial charge in [0.2, 0.25) is 0 Å². The van der Waals surface area contributed by atoms with Crippen LogP contribution in [0.5, 0.6) is 0 Å². The minimum atomic E-state index is -4.50. The third-order valence-electron chi connectivity index (χ3n) is 2.81. The molecule has 0 saturated carbocycles. The lowest BCUT2D eigenvalue weighted by molar-refractivity contribution is 0.135. The van der Waals surface area contributed by atoms with Crippen molar-refractivity contribution < 1.29 is 28.4 Å². The molecule has 0 atom stereocenters. The molecule has 1 amide bonds. The summed E-state index contributed by atoms with van der Waals surface area (Å²) >= 11 is 0. The molecule has 2 aromatic carbocycles. The van der Waals surface area contributed by atoms with Crippen LogP contribution in [-0.2, 0) is 20.4 Å². The fraction of sp³-hybridized carbons (Fsp3) is 0.214. The van der Waals surface area contributed by atoms with Gasteiger partial charge >= 0.3 is 13.9 Å². The number of nitrogens with one attached hydrogen (secondary N) is 1. The molecule has 3 N–H and O–H groups in total. The number of ether oxygens (including phenoxy) is 1. The summed E-state index contributed by atoms with van der Waals surface area (Å²) in [5, 5.41) is 4.49. The summed E-state index contributed by atoms with van der Waals surface area (Å²) in [6.07, 6.45) is -0.678. The van der Waals surface area contributed by atoms with Crippen LogP contribution >= 0.6 is 7.82 Å². The molecule has 118 valence electrons. The maximum absolute atomic E-state index is 11.4. The summed E-state index contributed by atoms with van der Waals surface area (Å²) in [7, 11) is -4.50. The molecule has 7 nitrogen and oxygen atoms in total. The minimum absolute atomic E-state index is 0.0539. The standard InChI is InChI=1S/C14H16NO6P/c16-14(15-7-8-21-22(17,18)19)20-10-11-5-6-12-3-1-2-4-13(12)9-11/h1-6,9H,7-8,10H2,(H,15,16)(H2,17,18,19). The summed E-state index contributed by atoms with van der Waals surface area (Å²) in [4.78, 5) is 28.4. The zero-order valence-corrected chi connectivity index (χ0v) is 12.5. The van der Waals surface area contributed by atoms with E-state index in [1.165, 1.54) is 0 Å². The van der Waals surface area contributed by atoms with Gasteiger partial charge in [-0.05, 0) is 22.4 Å². The van der Waals surface area contributed by atoms with Crippen molar-refractivity contribution in [1.82, 2.24) is 5.32 Å². The molecule has 0 unspecified atom stereocenters. The smallest absolute Gasteiger partial charge is 0.445 e. The molecule has 0 bridgehead atoms. The molecule has 0 spiro atoms. The summed E-state index contributed by atoms with van der Waals surface area (Å²) in [6, 6.07) is 13.6. The van der Waals surface area contributed by atoms with Crippen LogP contribution in [0.2, 0.25) is 0 Å². The summed E-state index contributed by atoms with van der Waals surface area (Å²) in [5.41, 5.74) is 0.848. The Morgan fingerprint density at radius 3 is 2.59 bits per heavy atom. The number of hydrogen-bond donors (Lipinski definition) is 3. The van der Waals surface area contributed by atoms with Crippen molar-refractivity contribution in [3.63, 3.8) is 0 Å². The van der Waals surface area contributed by atoms with Crippen LogP contribution in [0.3, 0.4) is 0 Å². The first-order valence-electron chi connectivity index (χ1n) is 6.52. The fourth-order valence-corrected chi connectivity index (χ4v) is 2.18. The van der Waals surface area contributed by atoms with E-state index in [1.54, 1.807) is 0 Å². The van der Waals surface area contributed by atoms with E-state index in [4.69, 9.17) is 14.5 Å². The quantitative estimate of drug-likeness (QED) is 0.555. The molecular formula is C14H16NO6P. The highest BCUT2D eigenvalue weighted by atomic mass is 31.2. The number of phosphoric ester groups is 1. The van der Waals surface area contributed by atoms with Crippen LogP contribution < -0.4 is 5.32 Å². The Hall–Kier alpha value is -1.92. The van der Waals surface area contributed by atoms with Gasteiger partial charge in [-0.2, -0.15) is 0 Å². The number of phosphoric acid groups is 1. The zero-order chi connectivity index (χ0) is 16.0. The van der Waals surface area contributed by atoms with E-state index in [0.717, 1.165) is 16.3 Å². The highest BCUT2D eigenvalue weighted by Crippen LogP contribution is 2.35. The van der Waals surface area contributed by atoms with Crippen molar-refractivity contribution in [2.24, 2.45) is 0 Å². The predicted octanol–water partition coefficient (Wildman–Crippen LogP) is 2.18. The molecule has 0 radical (unpaired) electrons. The second-order valence-electron chi connectivity index (χ2n) is 4.51. The van der Waals surface area contributed by atoms with E-state index in [-0.39, 0.29) is 19.8 Å². The second-order valence-corrected chi connectivity index (χ2v) is 5.75. The van der Waals surface area contributed by atoms with Crippen molar-refractivity contribution in [1.29, 1.82) is 0 Å². The number of hydrogen-bond acceptors (Lipinski definition) is 4. The van der Waals surface area contributed by atoms with Crippen LogP contribution in [0.25, 0.3) is 10.8 Å². The van der Waals surface area contributed by atoms with Gasteiger partial charge in [0.1, 0.15) is 6.61 Å². The van der Waals surface area contributed by atoms with E-state index in [9.17, 15) is 9.36 Å². The summed E-state index contributed by atoms with van der Waals surface area (Å²) in [5.74, 6) is 0. The predicted molar refractivity (Wildman–Crippen MR) is 80.1 cm³/mol. The van der Waals surface area contributed by atoms with Crippen LogP contribution in [-0.4, -0.2) is 29.0 Å². The third-order valence-corrected chi connectivity index (χ3v) is 3.33. The van der Waals surface area contributed by atoms with Crippen LogP contribution in [0, 0.1) is 0 Å². The van der Waals surface area contributed by atoms with Crippen LogP contribution in [0.15, 0.2) is 42.5 Å². The van der Waals surface area contributed by atoms with Crippen molar-refractivity contribution in [2.75, 3.05) is 13.2 Å². The zero-order valence-electron chi connectivity index (χ0n) is 11.6. The number of alkyl carbamates (subject to hydrolysis) is 1. The van der Waals surface area contributed by atoms with Gasteiger partial charge in [-0.3, -0.25) is 4.52 Å². The van der Waals surface area contributed by atoms with Crippen molar-refractivity contribution >= 4 is 24.7 Å². The van der Waals surface area contributed by atoms with Gasteiger partial charge in [-0.15, -0.1) is 0 Å². The molecular weight excluding hydrogens is 309 g/mol. The van der Waals surface area contributed by atoms with Gasteiger partial charge in [-0.25, -0.2) is 9.36 Å². The number of fused-ring (bicyclic) bond motifs is 1. The minimum Gasteiger partial charge on any atom is -0.445 e. The fourth-order valence-electron chi connectivity index (χ4n) is 1.85. The lowest BCUT2D eigenvalue weighted by Crippen LogP contribution is -2.27. The Morgan fingerprint density at radius 1 is 1.14 bits per heavy atom. The first-order chi connectivity index (χ1) is 10.4. The lowest BCUT2D eigenvalue weighted by atomic mass is 10.1. The maximum Gasteiger partial charge on any atom is 0.469 e. The third kappa shape index (κ3) is 5.46. The summed E-state index contributed by atoms with van der Waals surface area (Å²) in [6.45, 7) is -0.243. The van der Waals surface area contributed by atoms with Gasteiger partial charge in [0.25, 0.3) is 0 Å². The van der Waals surface area contributed by atoms with Crippen molar-refractivity contribution in [2.45, 2.75) is 6.61 Å². The average molecular weight is 325 g/mol. The number of carbonyl (C=O) groups excluding carboxylic acids is 1. The topological polar surface area (TPSA) is 105 Å². The van der Waals surface area contributed by atoms with Gasteiger partial charge in [-0.1, -0.05) is 36.4 Å². The Labute approximate surface area is 127 Å². The van der Waals surface area contributed by atoms with Gasteiger partial charge in [0.05, 0.1) is 6.61 Å². The number of rotatable bonds is 6. The monoisotopic (exact) mass is 325 g/mol. The molecule has 0 heterocycles. The van der Waals surface area contributed by atoms with Gasteiger partial charge in [0.15, 0.2) is 0 Å². The van der Waals surface area contributed by atoms with Crippen LogP contribution in [0.1, 0.15) is 5.56 Å². The Bertz CT molecular complexity index is 699. The van der Waals surface area contributed by atoms with Crippen molar-refractivity contribution in [3.8, 4) is 0 Å². The molecule has 0 saturated heterocycles. The highest BCUT2D eigenvalue weighted by Gasteiger charge is 2.13. The molecule has 0 aliphatic rings. The Morgan fingerprint density at radius 2 is 1.86 bits per heavy atom. The molecule has 0 aromatic heterocycles. The first-order valence-corrected chi connectivity index (χ1v) is 8.05. The van der Waals surface area contributed by atoms with E-state index < -0.39 is 13.9 Å². The Kier molecular flexibility index (Phi) is 5.51. The number of amides is 1. The average Bonchev–Trinajstić information content (AvgIpc) is 2.48. The highest BCUT2D eigenvalue weighted by molar-refractivity contribution is 7.46. The number of benzene rings is 2. The van der Waals surface area contributed by atoms with E-state index in [2.05, 4.69) is 9.84 Å². The number of carbonyl (C=O) groups is 1. The van der Waals surface area contributed by atoms with E-state index >= 15 is 0 Å². The lowest BCUT2D eigenvalue weighted by Gasteiger charge is -2.08. The van der Waals surface area contributed by atoms with E-state index in [0.29, 0.717) is 0 Å². The second kappa shape index (κ2) is 7.38. The molecule has 8 heteroatoms. The first kappa shape index (κ1) is 16.5. The molecule has 0 aliphatic carbocycles. The SMILES string of the molecule is O=C(NCCOP(=O)(O)O)OCc1ccc2ccccc2c1. The van der Waals surface area contributed by atoms with Gasteiger partial charge < -0.3 is 19.8 Å². The molecule has 2 rings (SSSR count). The normalized spacial score (nSPS) is 11.4. The van der Waals surface area contributed by atoms with Crippen LogP contribution in [0.4, 0.5) is 4.79 Å². The largest absolute Gasteiger partial charge is 0.469 e. The summed E-state index contributed by atoms with van der Waals surface area (Å²) < 4.78 is 19.6. The maximum atomic E-state index is 11.4. The molecule has 2 aromatic rings. The molecule has 22 heavy (non-hydrogen) atoms. The Balaban J connectivity index is 1.76.